The third-order valence-corrected chi connectivity index (χ3v) is 5.70. The van der Waals surface area contributed by atoms with Crippen molar-refractivity contribution in [2.45, 2.75) is 6.42 Å². The monoisotopic (exact) mass is 432 g/mol. The van der Waals surface area contributed by atoms with Crippen LogP contribution < -0.4 is 16.2 Å². The largest absolute Gasteiger partial charge is 0.361 e. The number of para-hydroxylation sites is 1. The van der Waals surface area contributed by atoms with E-state index in [1.54, 1.807) is 11.3 Å². The molecule has 0 unspecified atom stereocenters. The molecule has 0 spiro atoms. The minimum Gasteiger partial charge on any atom is -0.361 e. The van der Waals surface area contributed by atoms with Crippen molar-refractivity contribution in [1.82, 2.24) is 21.2 Å². The van der Waals surface area contributed by atoms with Crippen molar-refractivity contribution in [3.8, 4) is 10.6 Å². The van der Waals surface area contributed by atoms with Gasteiger partial charge in [-0.3, -0.25) is 15.6 Å². The van der Waals surface area contributed by atoms with Gasteiger partial charge < -0.3 is 5.32 Å². The number of carbonyl (C=O) groups is 1. The van der Waals surface area contributed by atoms with Crippen molar-refractivity contribution in [2.75, 3.05) is 6.54 Å². The number of rotatable bonds is 5. The number of hydrogen-bond acceptors (Lipinski definition) is 4. The number of aromatic nitrogens is 1. The fourth-order valence-electron chi connectivity index (χ4n) is 3.10. The van der Waals surface area contributed by atoms with Crippen LogP contribution in [0.4, 0.5) is 0 Å². The Bertz CT molecular complexity index is 1160. The molecule has 7 heteroatoms. The fourth-order valence-corrected chi connectivity index (χ4v) is 3.94. The molecule has 0 atom stereocenters. The molecular weight excluding hydrogens is 412 g/mol. The molecule has 150 valence electrons. The molecule has 0 saturated heterocycles. The minimum atomic E-state index is -0.265. The summed E-state index contributed by atoms with van der Waals surface area (Å²) in [5, 5.41) is 6.26. The van der Waals surface area contributed by atoms with Gasteiger partial charge in [-0.1, -0.05) is 54.6 Å². The minimum absolute atomic E-state index is 0.265. The number of nitrogens with zero attached hydrogens (tertiary/aromatic N) is 1. The highest BCUT2D eigenvalue weighted by atomic mass is 32.1. The third-order valence-electron chi connectivity index (χ3n) is 4.57. The van der Waals surface area contributed by atoms with E-state index >= 15 is 0 Å². The van der Waals surface area contributed by atoms with Gasteiger partial charge in [-0.15, -0.1) is 11.3 Å². The predicted octanol–water partition coefficient (Wildman–Crippen LogP) is 4.31. The van der Waals surface area contributed by atoms with Gasteiger partial charge >= 0.3 is 0 Å². The normalized spacial score (nSPS) is 10.5. The molecule has 1 amide bonds. The van der Waals surface area contributed by atoms with E-state index in [1.165, 1.54) is 5.56 Å². The van der Waals surface area contributed by atoms with Gasteiger partial charge in [0.05, 0.1) is 21.7 Å². The summed E-state index contributed by atoms with van der Waals surface area (Å²) < 4.78 is 0. The zero-order valence-corrected chi connectivity index (χ0v) is 17.7. The Morgan fingerprint density at radius 3 is 2.57 bits per heavy atom. The second kappa shape index (κ2) is 9.47. The Balaban J connectivity index is 1.42. The highest BCUT2D eigenvalue weighted by Gasteiger charge is 2.14. The molecule has 2 heterocycles. The molecule has 0 fully saturated rings. The maximum atomic E-state index is 12.9. The molecule has 5 nitrogen and oxygen atoms in total. The molecule has 4 aromatic rings. The molecule has 4 rings (SSSR count). The quantitative estimate of drug-likeness (QED) is 0.324. The Morgan fingerprint density at radius 1 is 0.967 bits per heavy atom. The first kappa shape index (κ1) is 20.0. The van der Waals surface area contributed by atoms with E-state index in [2.05, 4.69) is 28.3 Å². The summed E-state index contributed by atoms with van der Waals surface area (Å²) in [7, 11) is 0. The van der Waals surface area contributed by atoms with Crippen LogP contribution in [0.3, 0.4) is 0 Å². The number of hydrazine groups is 1. The van der Waals surface area contributed by atoms with Crippen molar-refractivity contribution in [3.63, 3.8) is 0 Å². The van der Waals surface area contributed by atoms with Gasteiger partial charge in [-0.25, -0.2) is 4.98 Å². The summed E-state index contributed by atoms with van der Waals surface area (Å²) >= 11 is 6.87. The van der Waals surface area contributed by atoms with Crippen LogP contribution in [-0.4, -0.2) is 22.5 Å². The van der Waals surface area contributed by atoms with Crippen LogP contribution in [0.1, 0.15) is 15.9 Å². The number of carbonyl (C=O) groups excluding carboxylic acids is 1. The number of pyridine rings is 1. The summed E-state index contributed by atoms with van der Waals surface area (Å²) in [6, 6.07) is 23.5. The Morgan fingerprint density at radius 2 is 1.77 bits per heavy atom. The van der Waals surface area contributed by atoms with Crippen molar-refractivity contribution in [1.29, 1.82) is 0 Å². The number of hydrogen-bond donors (Lipinski definition) is 3. The maximum Gasteiger partial charge on any atom is 0.270 e. The lowest BCUT2D eigenvalue weighted by Gasteiger charge is -2.13. The van der Waals surface area contributed by atoms with Crippen molar-refractivity contribution >= 4 is 45.5 Å². The van der Waals surface area contributed by atoms with Crippen molar-refractivity contribution in [3.05, 3.63) is 89.3 Å². The molecule has 2 aromatic carbocycles. The Kier molecular flexibility index (Phi) is 6.32. The van der Waals surface area contributed by atoms with Crippen molar-refractivity contribution < 1.29 is 4.79 Å². The van der Waals surface area contributed by atoms with Crippen molar-refractivity contribution in [2.24, 2.45) is 0 Å². The zero-order valence-electron chi connectivity index (χ0n) is 16.1. The van der Waals surface area contributed by atoms with Crippen LogP contribution in [0.25, 0.3) is 21.5 Å². The Labute approximate surface area is 184 Å². The third kappa shape index (κ3) is 4.82. The topological polar surface area (TPSA) is 66.1 Å². The van der Waals surface area contributed by atoms with Gasteiger partial charge in [0.15, 0.2) is 5.11 Å². The smallest absolute Gasteiger partial charge is 0.270 e. The van der Waals surface area contributed by atoms with E-state index in [0.717, 1.165) is 27.9 Å². The average Bonchev–Trinajstić information content (AvgIpc) is 3.32. The predicted molar refractivity (Wildman–Crippen MR) is 126 cm³/mol. The molecule has 0 aliphatic rings. The molecule has 0 aliphatic carbocycles. The molecule has 0 aliphatic heterocycles. The lowest BCUT2D eigenvalue weighted by Crippen LogP contribution is -2.47. The van der Waals surface area contributed by atoms with Gasteiger partial charge in [0, 0.05) is 11.9 Å². The first-order valence-corrected chi connectivity index (χ1v) is 10.8. The highest BCUT2D eigenvalue weighted by Crippen LogP contribution is 2.27. The van der Waals surface area contributed by atoms with E-state index in [0.29, 0.717) is 17.2 Å². The highest BCUT2D eigenvalue weighted by molar-refractivity contribution is 7.80. The summed E-state index contributed by atoms with van der Waals surface area (Å²) in [4.78, 5) is 18.6. The van der Waals surface area contributed by atoms with Crippen LogP contribution in [-0.2, 0) is 6.42 Å². The molecule has 30 heavy (non-hydrogen) atoms. The zero-order chi connectivity index (χ0) is 20.8. The number of amides is 1. The summed E-state index contributed by atoms with van der Waals surface area (Å²) in [6.45, 7) is 0.673. The van der Waals surface area contributed by atoms with Crippen LogP contribution in [0, 0.1) is 0 Å². The van der Waals surface area contributed by atoms with Crippen LogP contribution in [0.5, 0.6) is 0 Å². The van der Waals surface area contributed by atoms with Gasteiger partial charge in [-0.05, 0) is 47.8 Å². The fraction of sp³-hybridized carbons (Fsp3) is 0.0870. The molecule has 0 radical (unpaired) electrons. The summed E-state index contributed by atoms with van der Waals surface area (Å²) in [6.07, 6.45) is 0.843. The van der Waals surface area contributed by atoms with Crippen LogP contribution in [0.15, 0.2) is 78.2 Å². The standard InChI is InChI=1S/C23H20N4OS2/c28-22(26-27-23(29)24-13-12-16-7-2-1-3-8-16)18-15-20(21-11-6-14-30-21)25-19-10-5-4-9-17(18)19/h1-11,14-15H,12-13H2,(H,26,28)(H2,24,27,29). The van der Waals surface area contributed by atoms with Crippen LogP contribution in [0.2, 0.25) is 0 Å². The van der Waals surface area contributed by atoms with Gasteiger partial charge in [0.25, 0.3) is 5.91 Å². The van der Waals surface area contributed by atoms with Gasteiger partial charge in [0.1, 0.15) is 0 Å². The van der Waals surface area contributed by atoms with E-state index in [-0.39, 0.29) is 5.91 Å². The number of thiophene rings is 1. The summed E-state index contributed by atoms with van der Waals surface area (Å²) in [5.41, 5.74) is 8.80. The summed E-state index contributed by atoms with van der Waals surface area (Å²) in [5.74, 6) is -0.265. The number of fused-ring (bicyclic) bond motifs is 1. The van der Waals surface area contributed by atoms with E-state index in [4.69, 9.17) is 17.2 Å². The Hall–Kier alpha value is -3.29. The lowest BCUT2D eigenvalue weighted by molar-refractivity contribution is 0.0945. The maximum absolute atomic E-state index is 12.9. The number of thiocarbonyl (C=S) groups is 1. The van der Waals surface area contributed by atoms with E-state index < -0.39 is 0 Å². The SMILES string of the molecule is O=C(NNC(=S)NCCc1ccccc1)c1cc(-c2cccs2)nc2ccccc12. The van der Waals surface area contributed by atoms with Gasteiger partial charge in [-0.2, -0.15) is 0 Å². The molecule has 2 aromatic heterocycles. The molecule has 0 saturated carbocycles. The second-order valence-electron chi connectivity index (χ2n) is 6.62. The average molecular weight is 433 g/mol. The van der Waals surface area contributed by atoms with Gasteiger partial charge in [0.2, 0.25) is 0 Å². The first-order chi connectivity index (χ1) is 14.7. The number of benzene rings is 2. The van der Waals surface area contributed by atoms with E-state index in [9.17, 15) is 4.79 Å². The molecular formula is C23H20N4OS2. The molecule has 0 bridgehead atoms. The second-order valence-corrected chi connectivity index (χ2v) is 7.98. The first-order valence-electron chi connectivity index (χ1n) is 9.52. The van der Waals surface area contributed by atoms with E-state index in [1.807, 2.05) is 66.0 Å². The van der Waals surface area contributed by atoms with Crippen LogP contribution >= 0.6 is 23.6 Å². The lowest BCUT2D eigenvalue weighted by atomic mass is 10.1. The molecule has 3 N–H and O–H groups in total. The number of nitrogens with one attached hydrogen (secondary N) is 3.